The summed E-state index contributed by atoms with van der Waals surface area (Å²) in [7, 11) is 0. The van der Waals surface area contributed by atoms with Crippen LogP contribution < -0.4 is 0 Å². The molecule has 0 saturated carbocycles. The molecule has 0 spiro atoms. The Balaban J connectivity index is 3.80. The van der Waals surface area contributed by atoms with Crippen molar-refractivity contribution in [2.45, 2.75) is 6.18 Å². The zero-order valence-corrected chi connectivity index (χ0v) is 9.75. The second-order valence-electron chi connectivity index (χ2n) is 3.31. The number of rotatable bonds is 3. The summed E-state index contributed by atoms with van der Waals surface area (Å²) in [6.45, 7) is 0. The topological polar surface area (TPSA) is 84.0 Å². The van der Waals surface area contributed by atoms with Crippen LogP contribution in [0.25, 0.3) is 0 Å². The van der Waals surface area contributed by atoms with E-state index in [2.05, 4.69) is 0 Å². The predicted octanol–water partition coefficient (Wildman–Crippen LogP) is 2.91. The van der Waals surface area contributed by atoms with Crippen molar-refractivity contribution in [1.82, 2.24) is 0 Å². The Morgan fingerprint density at radius 3 is 2.42 bits per heavy atom. The van der Waals surface area contributed by atoms with Crippen LogP contribution in [0.4, 0.5) is 18.9 Å². The van der Waals surface area contributed by atoms with Gasteiger partial charge in [-0.15, -0.1) is 11.6 Å². The molecule has 0 aliphatic carbocycles. The number of halogens is 4. The first-order valence-electron chi connectivity index (χ1n) is 4.61. The average Bonchev–Trinajstić information content (AvgIpc) is 2.34. The number of hydrogen-bond donors (Lipinski definition) is 0. The van der Waals surface area contributed by atoms with E-state index < -0.39 is 45.1 Å². The molecule has 5 nitrogen and oxygen atoms in total. The van der Waals surface area contributed by atoms with Crippen molar-refractivity contribution in [3.05, 3.63) is 38.9 Å². The molecule has 0 aliphatic heterocycles. The van der Waals surface area contributed by atoms with E-state index in [1.165, 1.54) is 6.07 Å². The number of alkyl halides is 4. The minimum Gasteiger partial charge on any atom is -0.293 e. The molecule has 1 aromatic rings. The molecule has 1 aromatic carbocycles. The lowest BCUT2D eigenvalue weighted by Gasteiger charge is -2.11. The standard InChI is InChI=1S/C10H4ClF3N2O3/c11-3-7(17)6-2-1-5(4-15)8(10(12,13)14)9(6)16(18)19/h1-2H,3H2. The van der Waals surface area contributed by atoms with Crippen LogP contribution in [0.2, 0.25) is 0 Å². The van der Waals surface area contributed by atoms with Crippen molar-refractivity contribution >= 4 is 23.1 Å². The van der Waals surface area contributed by atoms with E-state index >= 15 is 0 Å². The molecule has 1 rings (SSSR count). The van der Waals surface area contributed by atoms with Gasteiger partial charge in [-0.1, -0.05) is 0 Å². The number of nitrogens with zero attached hydrogens (tertiary/aromatic N) is 2. The third-order valence-electron chi connectivity index (χ3n) is 2.19. The van der Waals surface area contributed by atoms with Crippen LogP contribution >= 0.6 is 11.6 Å². The summed E-state index contributed by atoms with van der Waals surface area (Å²) in [4.78, 5) is 20.8. The molecule has 0 unspecified atom stereocenters. The zero-order chi connectivity index (χ0) is 14.8. The monoisotopic (exact) mass is 292 g/mol. The van der Waals surface area contributed by atoms with Crippen LogP contribution in [0.3, 0.4) is 0 Å². The van der Waals surface area contributed by atoms with Crippen molar-refractivity contribution in [1.29, 1.82) is 5.26 Å². The number of nitro benzene ring substituents is 1. The number of carbonyl (C=O) groups is 1. The van der Waals surface area contributed by atoms with Crippen LogP contribution in [0.15, 0.2) is 12.1 Å². The van der Waals surface area contributed by atoms with Crippen molar-refractivity contribution in [3.8, 4) is 6.07 Å². The second kappa shape index (κ2) is 5.24. The summed E-state index contributed by atoms with van der Waals surface area (Å²) in [6, 6.07) is 2.71. The first kappa shape index (κ1) is 14.9. The molecule has 9 heteroatoms. The highest BCUT2D eigenvalue weighted by Crippen LogP contribution is 2.40. The number of Topliss-reactive ketones (excluding diaryl/α,β-unsaturated/α-hetero) is 1. The van der Waals surface area contributed by atoms with Crippen molar-refractivity contribution in [2.24, 2.45) is 0 Å². The molecule has 0 aliphatic rings. The van der Waals surface area contributed by atoms with Gasteiger partial charge in [0.15, 0.2) is 11.3 Å². The normalized spacial score (nSPS) is 10.9. The van der Waals surface area contributed by atoms with E-state index in [4.69, 9.17) is 16.9 Å². The predicted molar refractivity (Wildman–Crippen MR) is 57.9 cm³/mol. The van der Waals surface area contributed by atoms with Gasteiger partial charge < -0.3 is 0 Å². The minimum atomic E-state index is -5.13. The van der Waals surface area contributed by atoms with E-state index in [9.17, 15) is 28.1 Å². The summed E-state index contributed by atoms with van der Waals surface area (Å²) in [5.41, 5.74) is -4.88. The maximum absolute atomic E-state index is 12.8. The van der Waals surface area contributed by atoms with Gasteiger partial charge in [0.2, 0.25) is 0 Å². The van der Waals surface area contributed by atoms with Gasteiger partial charge in [0.05, 0.1) is 21.9 Å². The maximum atomic E-state index is 12.8. The third-order valence-corrected chi connectivity index (χ3v) is 2.43. The summed E-state index contributed by atoms with van der Waals surface area (Å²) < 4.78 is 38.4. The first-order valence-corrected chi connectivity index (χ1v) is 5.15. The van der Waals surface area contributed by atoms with Crippen molar-refractivity contribution < 1.29 is 22.9 Å². The largest absolute Gasteiger partial charge is 0.424 e. The smallest absolute Gasteiger partial charge is 0.293 e. The van der Waals surface area contributed by atoms with E-state index in [1.54, 1.807) is 0 Å². The Labute approximate surface area is 109 Å². The van der Waals surface area contributed by atoms with Crippen molar-refractivity contribution in [2.75, 3.05) is 5.88 Å². The fourth-order valence-electron chi connectivity index (χ4n) is 1.46. The molecular formula is C10H4ClF3N2O3. The molecule has 0 N–H and O–H groups in total. The van der Waals surface area contributed by atoms with Crippen LogP contribution in [0, 0.1) is 21.4 Å². The Morgan fingerprint density at radius 2 is 2.05 bits per heavy atom. The van der Waals surface area contributed by atoms with Crippen LogP contribution in [-0.2, 0) is 6.18 Å². The number of ketones is 1. The number of nitro groups is 1. The van der Waals surface area contributed by atoms with Gasteiger partial charge in [0.25, 0.3) is 5.69 Å². The number of nitriles is 1. The average molecular weight is 293 g/mol. The molecule has 0 amide bonds. The van der Waals surface area contributed by atoms with E-state index in [1.807, 2.05) is 0 Å². The van der Waals surface area contributed by atoms with E-state index in [-0.39, 0.29) is 0 Å². The summed E-state index contributed by atoms with van der Waals surface area (Å²) in [5.74, 6) is -1.73. The first-order chi connectivity index (χ1) is 8.73. The van der Waals surface area contributed by atoms with Gasteiger partial charge in [-0.3, -0.25) is 14.9 Å². The number of hydrogen-bond acceptors (Lipinski definition) is 4. The molecule has 0 atom stereocenters. The lowest BCUT2D eigenvalue weighted by atomic mass is 9.99. The third kappa shape index (κ3) is 2.82. The number of carbonyl (C=O) groups excluding carboxylic acids is 1. The summed E-state index contributed by atoms with van der Waals surface area (Å²) >= 11 is 5.19. The summed E-state index contributed by atoms with van der Waals surface area (Å²) in [5, 5.41) is 19.4. The maximum Gasteiger partial charge on any atom is 0.424 e. The molecule has 0 saturated heterocycles. The van der Waals surface area contributed by atoms with Gasteiger partial charge >= 0.3 is 6.18 Å². The highest BCUT2D eigenvalue weighted by atomic mass is 35.5. The van der Waals surface area contributed by atoms with Gasteiger partial charge in [0.1, 0.15) is 6.07 Å². The lowest BCUT2D eigenvalue weighted by Crippen LogP contribution is -2.15. The van der Waals surface area contributed by atoms with Crippen molar-refractivity contribution in [3.63, 3.8) is 0 Å². The SMILES string of the molecule is N#Cc1ccc(C(=O)CCl)c([N+](=O)[O-])c1C(F)(F)F. The molecular weight excluding hydrogens is 289 g/mol. The Hall–Kier alpha value is -2.14. The number of benzene rings is 1. The minimum absolute atomic E-state index is 0.704. The van der Waals surface area contributed by atoms with Crippen LogP contribution in [0.5, 0.6) is 0 Å². The molecule has 0 aromatic heterocycles. The quantitative estimate of drug-likeness (QED) is 0.371. The second-order valence-corrected chi connectivity index (χ2v) is 3.58. The van der Waals surface area contributed by atoms with Crippen LogP contribution in [0.1, 0.15) is 21.5 Å². The lowest BCUT2D eigenvalue weighted by molar-refractivity contribution is -0.388. The highest BCUT2D eigenvalue weighted by Gasteiger charge is 2.43. The highest BCUT2D eigenvalue weighted by molar-refractivity contribution is 6.31. The molecule has 19 heavy (non-hydrogen) atoms. The fourth-order valence-corrected chi connectivity index (χ4v) is 1.60. The zero-order valence-electron chi connectivity index (χ0n) is 8.99. The Bertz CT molecular complexity index is 593. The van der Waals surface area contributed by atoms with E-state index in [0.29, 0.717) is 6.07 Å². The molecule has 0 radical (unpaired) electrons. The Morgan fingerprint density at radius 1 is 1.47 bits per heavy atom. The molecule has 100 valence electrons. The van der Waals surface area contributed by atoms with E-state index in [0.717, 1.165) is 6.07 Å². The van der Waals surface area contributed by atoms with Gasteiger partial charge in [-0.05, 0) is 12.1 Å². The van der Waals surface area contributed by atoms with Gasteiger partial charge in [0, 0.05) is 0 Å². The summed E-state index contributed by atoms with van der Waals surface area (Å²) in [6.07, 6.45) is -5.13. The van der Waals surface area contributed by atoms with Gasteiger partial charge in [-0.2, -0.15) is 18.4 Å². The fraction of sp³-hybridized carbons (Fsp3) is 0.200. The molecule has 0 bridgehead atoms. The molecule has 0 heterocycles. The molecule has 0 fully saturated rings. The Kier molecular flexibility index (Phi) is 4.11. The van der Waals surface area contributed by atoms with Gasteiger partial charge in [-0.25, -0.2) is 0 Å². The van der Waals surface area contributed by atoms with Crippen LogP contribution in [-0.4, -0.2) is 16.6 Å².